The molecule has 0 aliphatic carbocycles. The zero-order valence-electron chi connectivity index (χ0n) is 20.5. The molecule has 10 heteroatoms. The van der Waals surface area contributed by atoms with Gasteiger partial charge in [0, 0.05) is 41.0 Å². The summed E-state index contributed by atoms with van der Waals surface area (Å²) in [6.07, 6.45) is -0.681. The van der Waals surface area contributed by atoms with Gasteiger partial charge in [0.1, 0.15) is 5.57 Å². The van der Waals surface area contributed by atoms with E-state index in [9.17, 15) is 19.5 Å². The molecule has 8 nitrogen and oxygen atoms in total. The van der Waals surface area contributed by atoms with Gasteiger partial charge in [-0.1, -0.05) is 24.3 Å². The van der Waals surface area contributed by atoms with E-state index in [4.69, 9.17) is 9.47 Å². The van der Waals surface area contributed by atoms with E-state index in [0.717, 1.165) is 0 Å². The molecule has 0 atom stereocenters. The first-order chi connectivity index (χ1) is 18.2. The van der Waals surface area contributed by atoms with E-state index in [1.165, 1.54) is 50.6 Å². The maximum absolute atomic E-state index is 15.2. The molecule has 0 spiro atoms. The van der Waals surface area contributed by atoms with Crippen LogP contribution in [0.2, 0.25) is 0 Å². The van der Waals surface area contributed by atoms with Crippen LogP contribution in [0.1, 0.15) is 32.7 Å². The number of halogens is 2. The second kappa shape index (κ2) is 10.7. The van der Waals surface area contributed by atoms with Gasteiger partial charge in [0.2, 0.25) is 5.78 Å². The average Bonchev–Trinajstić information content (AvgIpc) is 3.03. The Morgan fingerprint density at radius 2 is 1.66 bits per heavy atom. The van der Waals surface area contributed by atoms with E-state index in [-0.39, 0.29) is 34.7 Å². The molecule has 3 N–H and O–H groups in total. The molecule has 0 fully saturated rings. The number of carboxylic acid groups (broad SMARTS) is 1. The smallest absolute Gasteiger partial charge is 0.340 e. The number of Topliss-reactive ketones (excluding diaryl/α,β-unsaturated/α-hetero) is 1. The molecule has 1 aliphatic rings. The summed E-state index contributed by atoms with van der Waals surface area (Å²) in [5.41, 5.74) is -1.21. The first kappa shape index (κ1) is 26.3. The number of ether oxygens (including phenoxy) is 2. The van der Waals surface area contributed by atoms with Gasteiger partial charge in [-0.25, -0.2) is 13.6 Å². The highest BCUT2D eigenvalue weighted by Crippen LogP contribution is 2.43. The average molecular weight is 523 g/mol. The number of amides is 1. The van der Waals surface area contributed by atoms with Crippen molar-refractivity contribution in [2.75, 3.05) is 31.4 Å². The first-order valence-electron chi connectivity index (χ1n) is 11.5. The summed E-state index contributed by atoms with van der Waals surface area (Å²) < 4.78 is 40.9. The zero-order valence-corrected chi connectivity index (χ0v) is 20.5. The van der Waals surface area contributed by atoms with Crippen LogP contribution >= 0.6 is 0 Å². The van der Waals surface area contributed by atoms with E-state index < -0.39 is 41.1 Å². The van der Waals surface area contributed by atoms with Crippen molar-refractivity contribution >= 4 is 34.6 Å². The molecule has 1 heterocycles. The van der Waals surface area contributed by atoms with Gasteiger partial charge in [0.15, 0.2) is 11.5 Å². The van der Waals surface area contributed by atoms with Gasteiger partial charge in [-0.2, -0.15) is 0 Å². The summed E-state index contributed by atoms with van der Waals surface area (Å²) in [5, 5.41) is 15.4. The number of carboxylic acids is 1. The summed E-state index contributed by atoms with van der Waals surface area (Å²) in [6, 6.07) is 16.1. The number of anilines is 2. The number of aliphatic carboxylic acids is 1. The molecule has 38 heavy (non-hydrogen) atoms. The fraction of sp³-hybridized carbons (Fsp3) is 0.179. The van der Waals surface area contributed by atoms with Gasteiger partial charge in [-0.3, -0.25) is 9.59 Å². The molecule has 3 aromatic rings. The summed E-state index contributed by atoms with van der Waals surface area (Å²) >= 11 is 0. The number of hydrogen-bond donors (Lipinski definition) is 3. The third-order valence-electron chi connectivity index (χ3n) is 6.06. The Hall–Kier alpha value is -4.73. The number of para-hydroxylation sites is 2. The van der Waals surface area contributed by atoms with Crippen molar-refractivity contribution in [2.45, 2.75) is 12.3 Å². The maximum atomic E-state index is 15.2. The van der Waals surface area contributed by atoms with Gasteiger partial charge in [0.05, 0.1) is 19.8 Å². The second-order valence-electron chi connectivity index (χ2n) is 8.38. The van der Waals surface area contributed by atoms with Crippen LogP contribution in [0.3, 0.4) is 0 Å². The Labute approximate surface area is 216 Å². The minimum Gasteiger partial charge on any atom is -0.493 e. The molecule has 0 radical (unpaired) electrons. The predicted molar refractivity (Wildman–Crippen MR) is 137 cm³/mol. The molecule has 0 aromatic heterocycles. The number of rotatable bonds is 7. The lowest BCUT2D eigenvalue weighted by molar-refractivity contribution is -0.132. The highest BCUT2D eigenvalue weighted by Gasteiger charge is 2.43. The van der Waals surface area contributed by atoms with Gasteiger partial charge < -0.3 is 25.2 Å². The molecule has 0 saturated carbocycles. The van der Waals surface area contributed by atoms with Crippen molar-refractivity contribution in [3.05, 3.63) is 89.0 Å². The Balaban J connectivity index is 1.68. The minimum atomic E-state index is -3.56. The number of benzene rings is 3. The number of nitrogens with one attached hydrogen (secondary N) is 2. The Morgan fingerprint density at radius 3 is 2.32 bits per heavy atom. The molecular weight excluding hydrogens is 498 g/mol. The molecule has 0 saturated heterocycles. The molecule has 3 aromatic carbocycles. The largest absolute Gasteiger partial charge is 0.493 e. The monoisotopic (exact) mass is 522 g/mol. The van der Waals surface area contributed by atoms with Crippen molar-refractivity contribution in [1.29, 1.82) is 0 Å². The lowest BCUT2D eigenvalue weighted by Gasteiger charge is -2.20. The fourth-order valence-electron chi connectivity index (χ4n) is 4.28. The van der Waals surface area contributed by atoms with Crippen LogP contribution in [0.15, 0.2) is 72.3 Å². The maximum Gasteiger partial charge on any atom is 0.340 e. The Morgan fingerprint density at radius 1 is 0.947 bits per heavy atom. The molecule has 4 rings (SSSR count). The van der Waals surface area contributed by atoms with Gasteiger partial charge >= 0.3 is 5.97 Å². The van der Waals surface area contributed by atoms with E-state index >= 15 is 8.78 Å². The standard InChI is InChI=1S/C28H24F2N2O6/c1-37-21-9-5-7-19(25(21)38-2)26(34)32-17-12-10-16(11-13-17)24(33)22(27(35)36)23-18-6-3-4-8-20(18)31-15-14-28(23,29)30/h3-13,31H,14-15H2,1-2H3,(H,32,34)(H,35,36). The fourth-order valence-corrected chi connectivity index (χ4v) is 4.28. The molecule has 1 amide bonds. The van der Waals surface area contributed by atoms with Crippen molar-refractivity contribution in [2.24, 2.45) is 0 Å². The third kappa shape index (κ3) is 5.06. The number of carbonyl (C=O) groups is 3. The van der Waals surface area contributed by atoms with Crippen molar-refractivity contribution in [3.8, 4) is 11.5 Å². The van der Waals surface area contributed by atoms with E-state index in [2.05, 4.69) is 10.6 Å². The molecule has 0 unspecified atom stereocenters. The molecular formula is C28H24F2N2O6. The van der Waals surface area contributed by atoms with Crippen LogP contribution in [0.4, 0.5) is 20.2 Å². The van der Waals surface area contributed by atoms with Crippen molar-refractivity contribution in [1.82, 2.24) is 0 Å². The molecule has 1 aliphatic heterocycles. The van der Waals surface area contributed by atoms with Gasteiger partial charge in [0.25, 0.3) is 11.8 Å². The summed E-state index contributed by atoms with van der Waals surface area (Å²) in [4.78, 5) is 38.3. The van der Waals surface area contributed by atoms with Gasteiger partial charge in [-0.05, 0) is 42.5 Å². The normalized spacial score (nSPS) is 15.3. The van der Waals surface area contributed by atoms with E-state index in [0.29, 0.717) is 11.4 Å². The number of ketones is 1. The highest BCUT2D eigenvalue weighted by molar-refractivity contribution is 6.29. The quantitative estimate of drug-likeness (QED) is 0.171. The van der Waals surface area contributed by atoms with Crippen LogP contribution in [0, 0.1) is 0 Å². The number of carbonyl (C=O) groups excluding carboxylic acids is 2. The van der Waals surface area contributed by atoms with Crippen molar-refractivity contribution < 1.29 is 37.7 Å². The summed E-state index contributed by atoms with van der Waals surface area (Å²) in [6.45, 7) is -0.0962. The Bertz CT molecular complexity index is 1430. The SMILES string of the molecule is COc1cccc(C(=O)Nc2ccc(C(=O)C(C(=O)O)=C3c4ccccc4NCCC3(F)F)cc2)c1OC. The van der Waals surface area contributed by atoms with Crippen LogP contribution in [0.5, 0.6) is 11.5 Å². The number of hydrogen-bond acceptors (Lipinski definition) is 6. The lowest BCUT2D eigenvalue weighted by atomic mass is 9.88. The predicted octanol–water partition coefficient (Wildman–Crippen LogP) is 5.13. The third-order valence-corrected chi connectivity index (χ3v) is 6.06. The minimum absolute atomic E-state index is 0.0446. The molecule has 196 valence electrons. The number of fused-ring (bicyclic) bond motifs is 1. The van der Waals surface area contributed by atoms with Crippen LogP contribution < -0.4 is 20.1 Å². The number of allylic oxidation sites excluding steroid dienone is 1. The van der Waals surface area contributed by atoms with Gasteiger partial charge in [-0.15, -0.1) is 0 Å². The summed E-state index contributed by atoms with van der Waals surface area (Å²) in [7, 11) is 2.84. The summed E-state index contributed by atoms with van der Waals surface area (Å²) in [5.74, 6) is -6.32. The van der Waals surface area contributed by atoms with E-state index in [1.54, 1.807) is 30.3 Å². The van der Waals surface area contributed by atoms with Crippen LogP contribution in [0.25, 0.3) is 5.57 Å². The lowest BCUT2D eigenvalue weighted by Crippen LogP contribution is -2.26. The number of alkyl halides is 2. The van der Waals surface area contributed by atoms with Crippen LogP contribution in [-0.4, -0.2) is 49.5 Å². The van der Waals surface area contributed by atoms with Crippen LogP contribution in [-0.2, 0) is 4.79 Å². The van der Waals surface area contributed by atoms with Crippen molar-refractivity contribution in [3.63, 3.8) is 0 Å². The highest BCUT2D eigenvalue weighted by atomic mass is 19.3. The zero-order chi connectivity index (χ0) is 27.4. The van der Waals surface area contributed by atoms with E-state index in [1.807, 2.05) is 0 Å². The number of methoxy groups -OCH3 is 2. The topological polar surface area (TPSA) is 114 Å². The second-order valence-corrected chi connectivity index (χ2v) is 8.38. The first-order valence-corrected chi connectivity index (χ1v) is 11.5. The Kier molecular flexibility index (Phi) is 7.43. The molecule has 0 bridgehead atoms.